The van der Waals surface area contributed by atoms with Crippen molar-refractivity contribution in [2.24, 2.45) is 5.92 Å². The van der Waals surface area contributed by atoms with Gasteiger partial charge in [0.1, 0.15) is 0 Å². The highest BCUT2D eigenvalue weighted by molar-refractivity contribution is 5.97. The summed E-state index contributed by atoms with van der Waals surface area (Å²) in [7, 11) is 0. The number of aliphatic hydroxyl groups excluding tert-OH is 1. The van der Waals surface area contributed by atoms with Crippen molar-refractivity contribution >= 4 is 11.7 Å². The minimum absolute atomic E-state index is 0.00746. The van der Waals surface area contributed by atoms with Gasteiger partial charge in [0.2, 0.25) is 5.91 Å². The fourth-order valence-corrected chi connectivity index (χ4v) is 3.11. The maximum atomic E-state index is 13.1. The number of amides is 1. The second kappa shape index (κ2) is 8.87. The first-order valence-corrected chi connectivity index (χ1v) is 8.39. The van der Waals surface area contributed by atoms with Crippen LogP contribution < -0.4 is 5.32 Å². The molecule has 24 heavy (non-hydrogen) atoms. The molecular weight excluding hydrogens is 316 g/mol. The Bertz CT molecular complexity index is 592. The quantitative estimate of drug-likeness (QED) is 0.618. The molecule has 1 aromatic rings. The van der Waals surface area contributed by atoms with Gasteiger partial charge in [-0.2, -0.15) is 0 Å². The molecule has 0 aliphatic heterocycles. The van der Waals surface area contributed by atoms with Crippen LogP contribution >= 0.6 is 0 Å². The maximum absolute atomic E-state index is 13.1. The Morgan fingerprint density at radius 1 is 1.08 bits per heavy atom. The van der Waals surface area contributed by atoms with Crippen molar-refractivity contribution in [2.45, 2.75) is 51.0 Å². The lowest BCUT2D eigenvalue weighted by Gasteiger charge is -2.24. The topological polar surface area (TPSA) is 66.4 Å². The Balaban J connectivity index is 1.85. The summed E-state index contributed by atoms with van der Waals surface area (Å²) in [4.78, 5) is 24.0. The van der Waals surface area contributed by atoms with Gasteiger partial charge in [-0.1, -0.05) is 19.3 Å². The molecule has 1 aliphatic carbocycles. The molecule has 2 atom stereocenters. The molecule has 2 rings (SSSR count). The number of hydrogen-bond acceptors (Lipinski definition) is 3. The molecule has 4 nitrogen and oxygen atoms in total. The zero-order valence-electron chi connectivity index (χ0n) is 13.6. The molecular formula is C18H23F2NO3. The van der Waals surface area contributed by atoms with Gasteiger partial charge in [0.05, 0.1) is 0 Å². The van der Waals surface area contributed by atoms with Gasteiger partial charge >= 0.3 is 0 Å². The summed E-state index contributed by atoms with van der Waals surface area (Å²) in [5, 5.41) is 12.3. The van der Waals surface area contributed by atoms with E-state index in [-0.39, 0.29) is 42.9 Å². The third-order valence-corrected chi connectivity index (χ3v) is 4.56. The van der Waals surface area contributed by atoms with E-state index in [9.17, 15) is 23.5 Å². The van der Waals surface area contributed by atoms with Crippen LogP contribution in [0.3, 0.4) is 0 Å². The number of carbonyl (C=O) groups excluding carboxylic acids is 2. The van der Waals surface area contributed by atoms with Gasteiger partial charge < -0.3 is 10.4 Å². The van der Waals surface area contributed by atoms with E-state index in [0.29, 0.717) is 0 Å². The van der Waals surface area contributed by atoms with Gasteiger partial charge in [-0.05, 0) is 31.0 Å². The second-order valence-corrected chi connectivity index (χ2v) is 6.31. The fraction of sp³-hybridized carbons (Fsp3) is 0.556. The number of aliphatic hydroxyl groups is 1. The summed E-state index contributed by atoms with van der Waals surface area (Å²) in [5.41, 5.74) is 0.0596. The van der Waals surface area contributed by atoms with Crippen molar-refractivity contribution in [3.8, 4) is 0 Å². The number of hydrogen-bond donors (Lipinski definition) is 2. The van der Waals surface area contributed by atoms with E-state index < -0.39 is 17.4 Å². The van der Waals surface area contributed by atoms with Crippen molar-refractivity contribution in [3.05, 3.63) is 35.4 Å². The zero-order valence-corrected chi connectivity index (χ0v) is 13.6. The third-order valence-electron chi connectivity index (χ3n) is 4.56. The average molecular weight is 339 g/mol. The number of nitrogens with one attached hydrogen (secondary N) is 1. The Hall–Kier alpha value is -1.82. The number of Topliss-reactive ketones (excluding diaryl/α,β-unsaturated/α-hetero) is 1. The molecule has 0 heterocycles. The normalized spacial score (nSPS) is 21.1. The second-order valence-electron chi connectivity index (χ2n) is 6.31. The van der Waals surface area contributed by atoms with Crippen LogP contribution in [0.4, 0.5) is 8.78 Å². The van der Waals surface area contributed by atoms with E-state index in [1.165, 1.54) is 6.07 Å². The van der Waals surface area contributed by atoms with Crippen LogP contribution in [0.5, 0.6) is 0 Å². The van der Waals surface area contributed by atoms with Gasteiger partial charge in [-0.3, -0.25) is 9.59 Å². The highest BCUT2D eigenvalue weighted by atomic mass is 19.2. The monoisotopic (exact) mass is 339 g/mol. The molecule has 2 N–H and O–H groups in total. The fourth-order valence-electron chi connectivity index (χ4n) is 3.11. The number of carbonyl (C=O) groups is 2. The number of rotatable bonds is 6. The predicted octanol–water partition coefficient (Wildman–Crippen LogP) is 2.99. The number of benzene rings is 1. The molecule has 1 aromatic carbocycles. The third kappa shape index (κ3) is 5.09. The van der Waals surface area contributed by atoms with Crippen LogP contribution in [0, 0.1) is 17.6 Å². The summed E-state index contributed by atoms with van der Waals surface area (Å²) in [6, 6.07) is 2.90. The Morgan fingerprint density at radius 3 is 2.54 bits per heavy atom. The molecule has 0 bridgehead atoms. The summed E-state index contributed by atoms with van der Waals surface area (Å²) in [6.07, 6.45) is 4.79. The molecule has 1 fully saturated rings. The van der Waals surface area contributed by atoms with Crippen LogP contribution in [0.15, 0.2) is 18.2 Å². The molecule has 0 spiro atoms. The molecule has 2 unspecified atom stereocenters. The molecule has 132 valence electrons. The predicted molar refractivity (Wildman–Crippen MR) is 85.5 cm³/mol. The number of halogens is 2. The smallest absolute Gasteiger partial charge is 0.220 e. The Kier molecular flexibility index (Phi) is 6.85. The lowest BCUT2D eigenvalue weighted by atomic mass is 9.95. The Labute approximate surface area is 140 Å². The van der Waals surface area contributed by atoms with Crippen molar-refractivity contribution in [1.29, 1.82) is 0 Å². The summed E-state index contributed by atoms with van der Waals surface area (Å²) >= 11 is 0. The lowest BCUT2D eigenvalue weighted by molar-refractivity contribution is -0.122. The van der Waals surface area contributed by atoms with E-state index in [4.69, 9.17) is 0 Å². The minimum Gasteiger partial charge on any atom is -0.396 e. The molecule has 0 radical (unpaired) electrons. The molecule has 0 aromatic heterocycles. The first-order valence-electron chi connectivity index (χ1n) is 8.39. The van der Waals surface area contributed by atoms with E-state index in [1.54, 1.807) is 0 Å². The first-order chi connectivity index (χ1) is 11.5. The molecule has 1 aliphatic rings. The van der Waals surface area contributed by atoms with Crippen molar-refractivity contribution in [2.75, 3.05) is 6.61 Å². The highest BCUT2D eigenvalue weighted by Crippen LogP contribution is 2.23. The van der Waals surface area contributed by atoms with E-state index >= 15 is 0 Å². The number of ketones is 1. The van der Waals surface area contributed by atoms with E-state index in [0.717, 1.165) is 44.2 Å². The van der Waals surface area contributed by atoms with Gasteiger partial charge in [-0.25, -0.2) is 8.78 Å². The highest BCUT2D eigenvalue weighted by Gasteiger charge is 2.24. The minimum atomic E-state index is -1.07. The van der Waals surface area contributed by atoms with Crippen LogP contribution in [-0.2, 0) is 4.79 Å². The van der Waals surface area contributed by atoms with Crippen molar-refractivity contribution in [3.63, 3.8) is 0 Å². The van der Waals surface area contributed by atoms with Gasteiger partial charge in [0, 0.05) is 37.0 Å². The maximum Gasteiger partial charge on any atom is 0.220 e. The molecule has 6 heteroatoms. The van der Waals surface area contributed by atoms with Gasteiger partial charge in [-0.15, -0.1) is 0 Å². The lowest BCUT2D eigenvalue weighted by Crippen LogP contribution is -2.41. The largest absolute Gasteiger partial charge is 0.396 e. The first kappa shape index (κ1) is 18.5. The van der Waals surface area contributed by atoms with Crippen molar-refractivity contribution in [1.82, 2.24) is 5.32 Å². The van der Waals surface area contributed by atoms with Gasteiger partial charge in [0.25, 0.3) is 0 Å². The zero-order chi connectivity index (χ0) is 17.5. The van der Waals surface area contributed by atoms with Crippen molar-refractivity contribution < 1.29 is 23.5 Å². The summed E-state index contributed by atoms with van der Waals surface area (Å²) < 4.78 is 26.0. The van der Waals surface area contributed by atoms with Crippen LogP contribution in [-0.4, -0.2) is 29.4 Å². The van der Waals surface area contributed by atoms with Crippen LogP contribution in [0.1, 0.15) is 55.3 Å². The van der Waals surface area contributed by atoms with E-state index in [1.807, 2.05) is 0 Å². The standard InChI is InChI=1S/C18H23F2NO3/c19-14-7-6-12(10-15(14)20)17(23)8-9-18(24)21-16-5-3-1-2-4-13(16)11-22/h6-7,10,13,16,22H,1-5,8-9,11H2,(H,21,24). The Morgan fingerprint density at radius 2 is 1.83 bits per heavy atom. The van der Waals surface area contributed by atoms with Crippen LogP contribution in [0.2, 0.25) is 0 Å². The average Bonchev–Trinajstić information content (AvgIpc) is 2.80. The molecule has 0 saturated heterocycles. The van der Waals surface area contributed by atoms with Crippen LogP contribution in [0.25, 0.3) is 0 Å². The SMILES string of the molecule is O=C(CCC(=O)c1ccc(F)c(F)c1)NC1CCCCCC1CO. The van der Waals surface area contributed by atoms with Gasteiger partial charge in [0.15, 0.2) is 17.4 Å². The van der Waals surface area contributed by atoms with E-state index in [2.05, 4.69) is 5.32 Å². The molecule has 1 saturated carbocycles. The molecule has 1 amide bonds. The summed E-state index contributed by atoms with van der Waals surface area (Å²) in [6.45, 7) is 0.0404. The summed E-state index contributed by atoms with van der Waals surface area (Å²) in [5.74, 6) is -2.68.